The Bertz CT molecular complexity index is 68.0. The van der Waals surface area contributed by atoms with Gasteiger partial charge < -0.3 is 5.48 Å². The van der Waals surface area contributed by atoms with E-state index in [2.05, 4.69) is 6.92 Å². The van der Waals surface area contributed by atoms with E-state index >= 15 is 0 Å². The Morgan fingerprint density at radius 2 is 1.60 bits per heavy atom. The fraction of sp³-hybridized carbons (Fsp3) is 1.00. The Hall–Kier alpha value is 2.15. The molecule has 0 fully saturated rings. The van der Waals surface area contributed by atoms with Crippen LogP contribution in [0.4, 0.5) is 0 Å². The Labute approximate surface area is 87.6 Å². The molecule has 0 aliphatic rings. The number of rotatable bonds is 3. The second-order valence-corrected chi connectivity index (χ2v) is 23.5. The molecular weight excluding hydrogens is 344 g/mol. The number of halogens is 3. The van der Waals surface area contributed by atoms with Crippen molar-refractivity contribution in [3.63, 3.8) is 0 Å². The van der Waals surface area contributed by atoms with Crippen LogP contribution in [0.5, 0.6) is 0 Å². The van der Waals surface area contributed by atoms with Gasteiger partial charge in [-0.2, -0.15) is 0 Å². The van der Waals surface area contributed by atoms with E-state index in [0.717, 1.165) is 17.3 Å². The molecule has 1 nitrogen and oxygen atoms in total. The zero-order chi connectivity index (χ0) is 6.62. The minimum atomic E-state index is -2.89. The summed E-state index contributed by atoms with van der Waals surface area (Å²) in [5, 5.41) is 0. The summed E-state index contributed by atoms with van der Waals surface area (Å²) in [6.07, 6.45) is 2.21. The van der Waals surface area contributed by atoms with Crippen LogP contribution in [0.2, 0.25) is 4.44 Å². The monoisotopic (exact) mass is 355 g/mol. The molecule has 0 atom stereocenters. The van der Waals surface area contributed by atoms with Crippen LogP contribution < -0.4 is 0 Å². The molecule has 0 aliphatic heterocycles. The van der Waals surface area contributed by atoms with E-state index in [9.17, 15) is 0 Å². The van der Waals surface area contributed by atoms with Gasteiger partial charge in [-0.25, -0.2) is 0 Å². The normalized spacial score (nSPS) is 9.60. The zero-order valence-electron chi connectivity index (χ0n) is 5.63. The van der Waals surface area contributed by atoms with Crippen LogP contribution >= 0.6 is 26.8 Å². The van der Waals surface area contributed by atoms with Gasteiger partial charge in [-0.3, -0.25) is 0 Å². The molecule has 0 aliphatic carbocycles. The Morgan fingerprint density at radius 3 is 1.70 bits per heavy atom. The van der Waals surface area contributed by atoms with Crippen LogP contribution in [0.25, 0.3) is 0 Å². The van der Waals surface area contributed by atoms with Crippen molar-refractivity contribution in [2.75, 3.05) is 0 Å². The molecule has 0 aromatic rings. The molecule has 1 radical (unpaired) electrons. The molecule has 10 heavy (non-hydrogen) atoms. The summed E-state index contributed by atoms with van der Waals surface area (Å²) in [5.41, 5.74) is 0. The van der Waals surface area contributed by atoms with Gasteiger partial charge in [0.25, 0.3) is 0 Å². The molecule has 65 valence electrons. The Morgan fingerprint density at radius 1 is 1.20 bits per heavy atom. The van der Waals surface area contributed by atoms with E-state index in [0.29, 0.717) is 0 Å². The first-order chi connectivity index (χ1) is 3.56. The van der Waals surface area contributed by atoms with Crippen molar-refractivity contribution < 1.29 is 22.5 Å². The smallest absolute Gasteiger partial charge is 0 e. The van der Waals surface area contributed by atoms with E-state index in [1.165, 1.54) is 0 Å². The third kappa shape index (κ3) is 16.6. The molecular formula is C4H11Cl3MnOSn. The quantitative estimate of drug-likeness (QED) is 0.698. The largest absolute Gasteiger partial charge is 0.412 e. The van der Waals surface area contributed by atoms with Crippen molar-refractivity contribution in [1.29, 1.82) is 0 Å². The molecule has 0 bridgehead atoms. The van der Waals surface area contributed by atoms with Gasteiger partial charge in [0, 0.05) is 17.1 Å². The molecule has 0 saturated heterocycles. The van der Waals surface area contributed by atoms with Crippen molar-refractivity contribution in [1.82, 2.24) is 0 Å². The maximum atomic E-state index is 5.65. The van der Waals surface area contributed by atoms with E-state index in [1.54, 1.807) is 0 Å². The predicted octanol–water partition coefficient (Wildman–Crippen LogP) is 2.61. The first-order valence-electron chi connectivity index (χ1n) is 2.63. The van der Waals surface area contributed by atoms with Crippen LogP contribution in [-0.4, -0.2) is 20.5 Å². The van der Waals surface area contributed by atoms with Gasteiger partial charge in [-0.15, -0.1) is 0 Å². The number of hydrogen-bond donors (Lipinski definition) is 0. The van der Waals surface area contributed by atoms with Gasteiger partial charge in [0.2, 0.25) is 0 Å². The molecule has 6 heteroatoms. The fourth-order valence-electron chi connectivity index (χ4n) is 0.377. The van der Waals surface area contributed by atoms with E-state index in [-0.39, 0.29) is 22.5 Å². The Kier molecular flexibility index (Phi) is 16.7. The topological polar surface area (TPSA) is 31.5 Å². The molecule has 0 saturated carbocycles. The summed E-state index contributed by atoms with van der Waals surface area (Å²) in [4.78, 5) is 0. The number of unbranched alkanes of at least 4 members (excludes halogenated alkanes) is 1. The van der Waals surface area contributed by atoms with Gasteiger partial charge in [-0.1, -0.05) is 0 Å². The van der Waals surface area contributed by atoms with Crippen LogP contribution in [0.1, 0.15) is 19.8 Å². The molecule has 0 unspecified atom stereocenters. The second kappa shape index (κ2) is 9.24. The zero-order valence-corrected chi connectivity index (χ0v) is 11.9. The first kappa shape index (κ1) is 18.0. The van der Waals surface area contributed by atoms with Crippen molar-refractivity contribution >= 4 is 41.8 Å². The van der Waals surface area contributed by atoms with Crippen molar-refractivity contribution in [3.05, 3.63) is 0 Å². The average Bonchev–Trinajstić information content (AvgIpc) is 1.59. The number of hydrogen-bond acceptors (Lipinski definition) is 0. The van der Waals surface area contributed by atoms with E-state index in [4.69, 9.17) is 26.8 Å². The first-order valence-corrected chi connectivity index (χ1v) is 15.5. The third-order valence-corrected chi connectivity index (χ3v) is 7.24. The third-order valence-electron chi connectivity index (χ3n) is 0.814. The van der Waals surface area contributed by atoms with Crippen molar-refractivity contribution in [3.8, 4) is 0 Å². The summed E-state index contributed by atoms with van der Waals surface area (Å²) >= 11 is -2.89. The van der Waals surface area contributed by atoms with Crippen LogP contribution in [0.15, 0.2) is 0 Å². The minimum Gasteiger partial charge on any atom is -0.412 e. The van der Waals surface area contributed by atoms with E-state index in [1.807, 2.05) is 0 Å². The van der Waals surface area contributed by atoms with Crippen LogP contribution in [0.3, 0.4) is 0 Å². The summed E-state index contributed by atoms with van der Waals surface area (Å²) < 4.78 is 0.871. The van der Waals surface area contributed by atoms with Gasteiger partial charge in [0.05, 0.1) is 0 Å². The summed E-state index contributed by atoms with van der Waals surface area (Å²) in [5.74, 6) is 0. The molecule has 0 spiro atoms. The molecule has 2 N–H and O–H groups in total. The minimum absolute atomic E-state index is 0. The maximum Gasteiger partial charge on any atom is 0 e. The summed E-state index contributed by atoms with van der Waals surface area (Å²) in [6, 6.07) is 0. The van der Waals surface area contributed by atoms with Crippen molar-refractivity contribution in [2.45, 2.75) is 24.2 Å². The second-order valence-electron chi connectivity index (χ2n) is 1.72. The van der Waals surface area contributed by atoms with E-state index < -0.39 is 15.0 Å². The molecule has 0 amide bonds. The van der Waals surface area contributed by atoms with Gasteiger partial charge in [-0.05, 0) is 0 Å². The predicted molar refractivity (Wildman–Crippen MR) is 46.6 cm³/mol. The fourth-order valence-corrected chi connectivity index (χ4v) is 5.22. The molecule has 0 aromatic carbocycles. The summed E-state index contributed by atoms with van der Waals surface area (Å²) in [7, 11) is 17.0. The summed E-state index contributed by atoms with van der Waals surface area (Å²) in [6.45, 7) is 2.10. The molecule has 0 aromatic heterocycles. The SMILES string of the molecule is CCC[CH2][Sn]([Cl])([Cl])[Cl].O.[Mn]. The molecule has 0 heterocycles. The van der Waals surface area contributed by atoms with Gasteiger partial charge in [0.1, 0.15) is 0 Å². The average molecular weight is 355 g/mol. The van der Waals surface area contributed by atoms with Crippen molar-refractivity contribution in [2.24, 2.45) is 0 Å². The molecule has 0 rings (SSSR count). The Balaban J connectivity index is -0.000000245. The van der Waals surface area contributed by atoms with Crippen LogP contribution in [-0.2, 0) is 17.1 Å². The maximum absolute atomic E-state index is 5.65. The standard InChI is InChI=1S/C4H9.3ClH.Mn.H2O.Sn/c1-3-4-2;;;;;;/h1,3-4H2,2H3;3*1H;;1H2;/q;;;;;;+3/p-3. The van der Waals surface area contributed by atoms with Crippen LogP contribution in [0, 0.1) is 0 Å². The van der Waals surface area contributed by atoms with Gasteiger partial charge in [0.15, 0.2) is 0 Å². The van der Waals surface area contributed by atoms with Gasteiger partial charge >= 0.3 is 66.0 Å².